The summed E-state index contributed by atoms with van der Waals surface area (Å²) in [6, 6.07) is 7.25. The molecule has 0 bridgehead atoms. The highest BCUT2D eigenvalue weighted by molar-refractivity contribution is 6.53. The second-order valence-corrected chi connectivity index (χ2v) is 11.0. The van der Waals surface area contributed by atoms with Gasteiger partial charge in [0, 0.05) is 42.5 Å². The average Bonchev–Trinajstić information content (AvgIpc) is 2.78. The molecular weight excluding hydrogens is 438 g/mol. The maximum atomic E-state index is 12.4. The fourth-order valence-electron chi connectivity index (χ4n) is 4.65. The van der Waals surface area contributed by atoms with Crippen molar-refractivity contribution in [2.24, 2.45) is 0 Å². The van der Waals surface area contributed by atoms with Gasteiger partial charge in [0.2, 0.25) is 0 Å². The zero-order valence-corrected chi connectivity index (χ0v) is 21.6. The van der Waals surface area contributed by atoms with Crippen molar-refractivity contribution in [3.8, 4) is 17.2 Å². The Hall–Kier alpha value is -2.97. The average molecular weight is 468 g/mol. The molecule has 2 aliphatic rings. The molecule has 1 saturated heterocycles. The number of aromatic nitrogens is 3. The summed E-state index contributed by atoms with van der Waals surface area (Å²) in [6.07, 6.45) is 3.18. The van der Waals surface area contributed by atoms with E-state index in [-0.39, 0.29) is 11.1 Å². The quantitative estimate of drug-likeness (QED) is 0.389. The highest BCUT2D eigenvalue weighted by Gasteiger charge is 2.44. The molecule has 13 heteroatoms. The van der Waals surface area contributed by atoms with E-state index in [1.807, 2.05) is 63.4 Å². The number of nitrogens with zero attached hydrogens (tertiary/aromatic N) is 4. The van der Waals surface area contributed by atoms with Crippen molar-refractivity contribution in [3.05, 3.63) is 51.9 Å². The van der Waals surface area contributed by atoms with Crippen molar-refractivity contribution in [2.45, 2.75) is 43.0 Å². The molecule has 2 aromatic heterocycles. The number of benzene rings is 1. The van der Waals surface area contributed by atoms with E-state index in [4.69, 9.17) is 14.2 Å². The summed E-state index contributed by atoms with van der Waals surface area (Å²) in [6.45, 7) is 5.58. The summed E-state index contributed by atoms with van der Waals surface area (Å²) in [7, 11) is 10.3. The van der Waals surface area contributed by atoms with E-state index >= 15 is 0 Å². The molecule has 8 nitrogen and oxygen atoms in total. The van der Waals surface area contributed by atoms with Gasteiger partial charge >= 0.3 is 0 Å². The van der Waals surface area contributed by atoms with E-state index in [0.717, 1.165) is 54.4 Å². The van der Waals surface area contributed by atoms with Gasteiger partial charge in [0.15, 0.2) is 30.8 Å². The van der Waals surface area contributed by atoms with Gasteiger partial charge in [-0.15, -0.1) is 5.10 Å². The molecule has 0 amide bonds. The molecule has 1 aromatic carbocycles. The first-order chi connectivity index (χ1) is 16.4. The van der Waals surface area contributed by atoms with Crippen LogP contribution in [0.25, 0.3) is 5.65 Å². The van der Waals surface area contributed by atoms with E-state index in [1.54, 1.807) is 0 Å². The van der Waals surface area contributed by atoms with E-state index in [9.17, 15) is 4.79 Å². The van der Waals surface area contributed by atoms with E-state index in [0.29, 0.717) is 11.4 Å². The third-order valence-electron chi connectivity index (χ3n) is 7.83. The lowest BCUT2D eigenvalue weighted by molar-refractivity contribution is 0.0603. The van der Waals surface area contributed by atoms with Gasteiger partial charge in [0.1, 0.15) is 37.1 Å². The predicted octanol–water partition coefficient (Wildman–Crippen LogP) is -2.67. The molecule has 35 heavy (non-hydrogen) atoms. The van der Waals surface area contributed by atoms with Gasteiger partial charge < -0.3 is 19.1 Å². The Balaban J connectivity index is 1.33. The zero-order chi connectivity index (χ0) is 25.2. The van der Waals surface area contributed by atoms with Crippen molar-refractivity contribution in [3.63, 3.8) is 0 Å². The van der Waals surface area contributed by atoms with Crippen LogP contribution in [0.15, 0.2) is 35.3 Å². The van der Waals surface area contributed by atoms with Crippen LogP contribution >= 0.6 is 0 Å². The maximum absolute atomic E-state index is 12.4. The van der Waals surface area contributed by atoms with Crippen LogP contribution < -0.4 is 24.7 Å². The monoisotopic (exact) mass is 468 g/mol. The highest BCUT2D eigenvalue weighted by Crippen LogP contribution is 2.42. The van der Waals surface area contributed by atoms with Crippen LogP contribution in [0.5, 0.6) is 17.2 Å². The third kappa shape index (κ3) is 4.08. The van der Waals surface area contributed by atoms with Gasteiger partial charge in [-0.25, -0.2) is 4.98 Å². The zero-order valence-electron chi connectivity index (χ0n) is 21.6. The molecule has 0 saturated carbocycles. The minimum Gasteiger partial charge on any atom is -0.499 e. The SMILES string of the molecule is BC1(Oc2ccc3c(c2)OC(B)(B)C(B)(B)O3)CCN(c2nn3c(=O)ccnc3c(C)c2C)CC1. The Kier molecular flexibility index (Phi) is 5.45. The summed E-state index contributed by atoms with van der Waals surface area (Å²) < 4.78 is 20.4. The number of anilines is 1. The summed E-state index contributed by atoms with van der Waals surface area (Å²) in [5, 5.41) is 3.76. The summed E-state index contributed by atoms with van der Waals surface area (Å²) >= 11 is 0. The van der Waals surface area contributed by atoms with Crippen LogP contribution in [0, 0.1) is 13.8 Å². The standard InChI is InChI=1S/C22H29B5N4O4/c1-12-13(2)19(29-31-17(32)5-8-28-18(12)31)30-9-6-20(23,7-10-30)33-14-3-4-15-16(11-14)35-22(26,27)21(24,25)34-15/h3-5,8,11H,6-7,9-10,23-27H2,1-2H3. The van der Waals surface area contributed by atoms with E-state index < -0.39 is 10.8 Å². The molecule has 0 unspecified atom stereocenters. The Morgan fingerprint density at radius 3 is 2.29 bits per heavy atom. The second kappa shape index (κ2) is 8.03. The number of piperidine rings is 1. The highest BCUT2D eigenvalue weighted by atomic mass is 16.6. The van der Waals surface area contributed by atoms with Crippen LogP contribution in [-0.2, 0) is 0 Å². The van der Waals surface area contributed by atoms with Gasteiger partial charge in [-0.05, 0) is 38.8 Å². The molecule has 1 fully saturated rings. The second-order valence-electron chi connectivity index (χ2n) is 11.0. The van der Waals surface area contributed by atoms with Crippen molar-refractivity contribution >= 4 is 50.7 Å². The van der Waals surface area contributed by atoms with Crippen molar-refractivity contribution in [1.82, 2.24) is 14.6 Å². The summed E-state index contributed by atoms with van der Waals surface area (Å²) in [4.78, 5) is 18.9. The number of ether oxygens (including phenoxy) is 3. The molecule has 0 radical (unpaired) electrons. The first-order valence-corrected chi connectivity index (χ1v) is 12.2. The van der Waals surface area contributed by atoms with Crippen LogP contribution in [-0.4, -0.2) is 83.2 Å². The molecule has 0 atom stereocenters. The van der Waals surface area contributed by atoms with Gasteiger partial charge in [-0.1, -0.05) is 0 Å². The van der Waals surface area contributed by atoms with Crippen molar-refractivity contribution in [2.75, 3.05) is 18.0 Å². The summed E-state index contributed by atoms with van der Waals surface area (Å²) in [5.41, 5.74) is 2.13. The normalized spacial score (nSPS) is 19.9. The topological polar surface area (TPSA) is 78.2 Å². The van der Waals surface area contributed by atoms with Gasteiger partial charge in [0.25, 0.3) is 5.56 Å². The Morgan fingerprint density at radius 1 is 0.943 bits per heavy atom. The number of aryl methyl sites for hydroxylation is 1. The van der Waals surface area contributed by atoms with Gasteiger partial charge in [-0.3, -0.25) is 4.79 Å². The van der Waals surface area contributed by atoms with Gasteiger partial charge in [-0.2, -0.15) is 4.52 Å². The molecule has 5 rings (SSSR count). The minimum atomic E-state index is -0.464. The number of hydrogen-bond acceptors (Lipinski definition) is 7. The van der Waals surface area contributed by atoms with Gasteiger partial charge in [0.05, 0.1) is 16.3 Å². The molecule has 0 N–H and O–H groups in total. The molecule has 3 aromatic rings. The Labute approximate surface area is 209 Å². The summed E-state index contributed by atoms with van der Waals surface area (Å²) in [5.74, 6) is 3.04. The van der Waals surface area contributed by atoms with Crippen molar-refractivity contribution < 1.29 is 14.2 Å². The van der Waals surface area contributed by atoms with Crippen LogP contribution in [0.4, 0.5) is 5.82 Å². The Bertz CT molecular complexity index is 1370. The fourth-order valence-corrected chi connectivity index (χ4v) is 4.65. The number of fused-ring (bicyclic) bond motifs is 2. The molecule has 0 aliphatic carbocycles. The lowest BCUT2D eigenvalue weighted by Gasteiger charge is -2.47. The molecule has 176 valence electrons. The third-order valence-corrected chi connectivity index (χ3v) is 7.83. The molecule has 4 heterocycles. The van der Waals surface area contributed by atoms with Crippen LogP contribution in [0.2, 0.25) is 0 Å². The molecular formula is C22H29B5N4O4. The molecule has 2 aliphatic heterocycles. The fraction of sp³-hybridized carbons (Fsp3) is 0.409. The maximum Gasteiger partial charge on any atom is 0.274 e. The predicted molar refractivity (Wildman–Crippen MR) is 149 cm³/mol. The number of rotatable bonds is 3. The van der Waals surface area contributed by atoms with Crippen LogP contribution in [0.3, 0.4) is 0 Å². The van der Waals surface area contributed by atoms with Crippen LogP contribution in [0.1, 0.15) is 24.0 Å². The largest absolute Gasteiger partial charge is 0.499 e. The lowest BCUT2D eigenvalue weighted by Crippen LogP contribution is -2.65. The Morgan fingerprint density at radius 2 is 1.60 bits per heavy atom. The number of hydrogen-bond donors (Lipinski definition) is 0. The van der Waals surface area contributed by atoms with E-state index in [2.05, 4.69) is 22.8 Å². The lowest BCUT2D eigenvalue weighted by atomic mass is 9.41. The van der Waals surface area contributed by atoms with E-state index in [1.165, 1.54) is 16.8 Å². The minimum absolute atomic E-state index is 0.172. The van der Waals surface area contributed by atoms with Crippen molar-refractivity contribution in [1.29, 1.82) is 0 Å². The first-order valence-electron chi connectivity index (χ1n) is 12.2. The molecule has 0 spiro atoms. The smallest absolute Gasteiger partial charge is 0.274 e. The first kappa shape index (κ1) is 23.8.